The highest BCUT2D eigenvalue weighted by Gasteiger charge is 2.16. The predicted octanol–water partition coefficient (Wildman–Crippen LogP) is 1.62. The van der Waals surface area contributed by atoms with E-state index in [1.807, 2.05) is 0 Å². The number of ketones is 1. The minimum absolute atomic E-state index is 0. The van der Waals surface area contributed by atoms with Crippen LogP contribution < -0.4 is 5.73 Å². The topological polar surface area (TPSA) is 146 Å². The first-order valence-corrected chi connectivity index (χ1v) is 8.66. The standard InChI is InChI=1S/C14H14BrFN4O3S.H2O/c15-10-6-8(3-4-11(10)16)18-13(17)12-14(20-23-19-12)24-7-9(22)2-1-5-21;/h3-4,6,21H,1-2,5,7H2,(H2,17,18);1H2. The Morgan fingerprint density at radius 2 is 2.20 bits per heavy atom. The first-order valence-electron chi connectivity index (χ1n) is 6.88. The molecular weight excluding hydrogens is 419 g/mol. The lowest BCUT2D eigenvalue weighted by Gasteiger charge is -2.01. The number of hydrogen-bond donors (Lipinski definition) is 2. The number of amidine groups is 1. The van der Waals surface area contributed by atoms with Gasteiger partial charge in [0.25, 0.3) is 0 Å². The van der Waals surface area contributed by atoms with Gasteiger partial charge in [0.2, 0.25) is 0 Å². The second-order valence-electron chi connectivity index (χ2n) is 4.67. The van der Waals surface area contributed by atoms with Gasteiger partial charge in [-0.25, -0.2) is 14.0 Å². The third kappa shape index (κ3) is 6.20. The second-order valence-corrected chi connectivity index (χ2v) is 6.49. The lowest BCUT2D eigenvalue weighted by Crippen LogP contribution is -2.15. The fraction of sp³-hybridized carbons (Fsp3) is 0.286. The highest BCUT2D eigenvalue weighted by Crippen LogP contribution is 2.24. The fourth-order valence-electron chi connectivity index (χ4n) is 1.68. The van der Waals surface area contributed by atoms with Crippen molar-refractivity contribution < 1.29 is 24.4 Å². The molecule has 25 heavy (non-hydrogen) atoms. The zero-order valence-corrected chi connectivity index (χ0v) is 15.3. The normalized spacial score (nSPS) is 11.2. The molecule has 11 heteroatoms. The van der Waals surface area contributed by atoms with Gasteiger partial charge in [0.1, 0.15) is 11.6 Å². The number of carbonyl (C=O) groups is 1. The summed E-state index contributed by atoms with van der Waals surface area (Å²) in [5.41, 5.74) is 6.54. The van der Waals surface area contributed by atoms with Crippen molar-refractivity contribution in [3.63, 3.8) is 0 Å². The van der Waals surface area contributed by atoms with Crippen molar-refractivity contribution >= 4 is 45.0 Å². The molecule has 0 spiro atoms. The zero-order chi connectivity index (χ0) is 17.5. The Morgan fingerprint density at radius 1 is 1.44 bits per heavy atom. The summed E-state index contributed by atoms with van der Waals surface area (Å²) < 4.78 is 18.1. The molecule has 8 nitrogen and oxygen atoms in total. The number of nitrogens with two attached hydrogens (primary N) is 1. The Labute approximate surface area is 155 Å². The molecule has 0 bridgehead atoms. The maximum atomic E-state index is 13.2. The molecule has 0 amide bonds. The van der Waals surface area contributed by atoms with Gasteiger partial charge in [-0.05, 0) is 50.9 Å². The smallest absolute Gasteiger partial charge is 0.183 e. The van der Waals surface area contributed by atoms with E-state index in [0.717, 1.165) is 11.8 Å². The Kier molecular flexibility index (Phi) is 8.69. The second kappa shape index (κ2) is 10.2. The van der Waals surface area contributed by atoms with Crippen LogP contribution in [0.5, 0.6) is 0 Å². The molecule has 0 aliphatic rings. The SMILES string of the molecule is NC(=Nc1ccc(F)c(Br)c1)c1nonc1SCC(=O)CCCO.O. The molecular formula is C14H16BrFN4O4S. The third-order valence-electron chi connectivity index (χ3n) is 2.84. The van der Waals surface area contributed by atoms with Crippen molar-refractivity contribution in [1.82, 2.24) is 10.3 Å². The van der Waals surface area contributed by atoms with Crippen LogP contribution in [0.4, 0.5) is 10.1 Å². The van der Waals surface area contributed by atoms with E-state index in [4.69, 9.17) is 10.8 Å². The average molecular weight is 435 g/mol. The van der Waals surface area contributed by atoms with Crippen molar-refractivity contribution in [2.75, 3.05) is 12.4 Å². The summed E-state index contributed by atoms with van der Waals surface area (Å²) in [5, 5.41) is 16.4. The molecule has 0 saturated heterocycles. The summed E-state index contributed by atoms with van der Waals surface area (Å²) in [4.78, 5) is 15.8. The van der Waals surface area contributed by atoms with Crippen LogP contribution in [0.25, 0.3) is 0 Å². The molecule has 1 aromatic carbocycles. The van der Waals surface area contributed by atoms with E-state index in [1.165, 1.54) is 18.2 Å². The van der Waals surface area contributed by atoms with Gasteiger partial charge in [-0.3, -0.25) is 4.79 Å². The van der Waals surface area contributed by atoms with Crippen LogP contribution in [0.2, 0.25) is 0 Å². The molecule has 0 radical (unpaired) electrons. The molecule has 0 saturated carbocycles. The van der Waals surface area contributed by atoms with Crippen LogP contribution in [0.1, 0.15) is 18.5 Å². The van der Waals surface area contributed by atoms with Gasteiger partial charge in [0.05, 0.1) is 15.9 Å². The highest BCUT2D eigenvalue weighted by atomic mass is 79.9. The first kappa shape index (κ1) is 21.2. The molecule has 1 aromatic heterocycles. The number of rotatable bonds is 8. The number of aliphatic imine (C=N–C) groups is 1. The number of aromatic nitrogens is 2. The van der Waals surface area contributed by atoms with Crippen LogP contribution in [-0.2, 0) is 4.79 Å². The maximum Gasteiger partial charge on any atom is 0.183 e. The Morgan fingerprint density at radius 3 is 2.88 bits per heavy atom. The zero-order valence-electron chi connectivity index (χ0n) is 12.9. The van der Waals surface area contributed by atoms with E-state index >= 15 is 0 Å². The van der Waals surface area contributed by atoms with Crippen LogP contribution in [0.15, 0.2) is 37.3 Å². The Hall–Kier alpha value is -1.82. The van der Waals surface area contributed by atoms with Crippen LogP contribution >= 0.6 is 27.7 Å². The molecule has 0 atom stereocenters. The molecule has 136 valence electrons. The van der Waals surface area contributed by atoms with Crippen molar-refractivity contribution in [2.24, 2.45) is 10.7 Å². The van der Waals surface area contributed by atoms with E-state index in [1.54, 1.807) is 0 Å². The summed E-state index contributed by atoms with van der Waals surface area (Å²) >= 11 is 4.20. The van der Waals surface area contributed by atoms with Gasteiger partial charge in [-0.2, -0.15) is 0 Å². The molecule has 2 aromatic rings. The fourth-order valence-corrected chi connectivity index (χ4v) is 2.85. The molecule has 0 unspecified atom stereocenters. The Bertz CT molecular complexity index is 756. The molecule has 5 N–H and O–H groups in total. The summed E-state index contributed by atoms with van der Waals surface area (Å²) in [6, 6.07) is 4.19. The summed E-state index contributed by atoms with van der Waals surface area (Å²) in [6.07, 6.45) is 0.712. The van der Waals surface area contributed by atoms with Crippen molar-refractivity contribution in [3.8, 4) is 0 Å². The minimum Gasteiger partial charge on any atom is -0.412 e. The number of carbonyl (C=O) groups excluding carboxylic acids is 1. The van der Waals surface area contributed by atoms with Crippen LogP contribution in [0.3, 0.4) is 0 Å². The van der Waals surface area contributed by atoms with Gasteiger partial charge in [0, 0.05) is 13.0 Å². The lowest BCUT2D eigenvalue weighted by molar-refractivity contribution is -0.116. The number of thioether (sulfide) groups is 1. The van der Waals surface area contributed by atoms with Crippen molar-refractivity contribution in [1.29, 1.82) is 0 Å². The van der Waals surface area contributed by atoms with Crippen LogP contribution in [-0.4, -0.2) is 44.9 Å². The van der Waals surface area contributed by atoms with Crippen molar-refractivity contribution in [3.05, 3.63) is 34.2 Å². The van der Waals surface area contributed by atoms with E-state index in [0.29, 0.717) is 17.1 Å². The Balaban J connectivity index is 0.00000312. The van der Waals surface area contributed by atoms with E-state index < -0.39 is 5.82 Å². The number of aliphatic hydroxyl groups is 1. The maximum absolute atomic E-state index is 13.2. The van der Waals surface area contributed by atoms with Gasteiger partial charge < -0.3 is 16.3 Å². The number of Topliss-reactive ketones (excluding diaryl/α,β-unsaturated/α-hetero) is 1. The van der Waals surface area contributed by atoms with Gasteiger partial charge in [-0.1, -0.05) is 11.8 Å². The largest absolute Gasteiger partial charge is 0.412 e. The van der Waals surface area contributed by atoms with E-state index in [9.17, 15) is 9.18 Å². The molecule has 0 aliphatic heterocycles. The number of halogens is 2. The average Bonchev–Trinajstić information content (AvgIpc) is 3.03. The molecule has 1 heterocycles. The molecule has 0 fully saturated rings. The summed E-state index contributed by atoms with van der Waals surface area (Å²) in [5.74, 6) is -0.231. The minimum atomic E-state index is -0.409. The predicted molar refractivity (Wildman–Crippen MR) is 94.4 cm³/mol. The lowest BCUT2D eigenvalue weighted by atomic mass is 10.2. The van der Waals surface area contributed by atoms with Gasteiger partial charge in [-0.15, -0.1) is 0 Å². The summed E-state index contributed by atoms with van der Waals surface area (Å²) in [6.45, 7) is -0.0278. The number of nitrogens with zero attached hydrogens (tertiary/aromatic N) is 3. The third-order valence-corrected chi connectivity index (χ3v) is 4.45. The quantitative estimate of drug-likeness (QED) is 0.364. The van der Waals surface area contributed by atoms with Gasteiger partial charge >= 0.3 is 0 Å². The number of benzene rings is 1. The van der Waals surface area contributed by atoms with Crippen LogP contribution in [0, 0.1) is 5.82 Å². The highest BCUT2D eigenvalue weighted by molar-refractivity contribution is 9.10. The monoisotopic (exact) mass is 434 g/mol. The molecule has 0 aliphatic carbocycles. The van der Waals surface area contributed by atoms with Gasteiger partial charge in [0.15, 0.2) is 16.6 Å². The number of aliphatic hydroxyl groups excluding tert-OH is 1. The van der Waals surface area contributed by atoms with E-state index in [-0.39, 0.29) is 46.0 Å². The van der Waals surface area contributed by atoms with Crippen molar-refractivity contribution in [2.45, 2.75) is 17.9 Å². The molecule has 2 rings (SSSR count). The summed E-state index contributed by atoms with van der Waals surface area (Å²) in [7, 11) is 0. The number of hydrogen-bond acceptors (Lipinski definition) is 7. The van der Waals surface area contributed by atoms with E-state index in [2.05, 4.69) is 35.9 Å². The first-order chi connectivity index (χ1) is 11.5.